The number of ether oxygens (including phenoxy) is 1. The molecule has 3 aromatic carbocycles. The molecule has 160 valence electrons. The Labute approximate surface area is 187 Å². The Balaban J connectivity index is 1.64. The molecule has 0 aliphatic carbocycles. The van der Waals surface area contributed by atoms with Crippen molar-refractivity contribution < 1.29 is 18.3 Å². The quantitative estimate of drug-likeness (QED) is 0.393. The minimum Gasteiger partial charge on any atom is -0.407 e. The van der Waals surface area contributed by atoms with Crippen LogP contribution in [-0.2, 0) is 11.2 Å². The molecule has 1 aromatic heterocycles. The summed E-state index contributed by atoms with van der Waals surface area (Å²) < 4.78 is 33.7. The molecular formula is C25H17ClF2N2O2. The molecular weight excluding hydrogens is 434 g/mol. The molecule has 32 heavy (non-hydrogen) atoms. The molecule has 1 N–H and O–H groups in total. The summed E-state index contributed by atoms with van der Waals surface area (Å²) in [7, 11) is 0. The second-order valence-corrected chi connectivity index (χ2v) is 8.11. The Hall–Kier alpha value is -3.51. The van der Waals surface area contributed by atoms with E-state index in [2.05, 4.69) is 9.97 Å². The van der Waals surface area contributed by atoms with Crippen LogP contribution < -0.4 is 4.74 Å². The first-order chi connectivity index (χ1) is 15.5. The van der Waals surface area contributed by atoms with Crippen LogP contribution in [0.15, 0.2) is 72.8 Å². The normalized spacial score (nSPS) is 17.7. The smallest absolute Gasteiger partial charge is 0.317 e. The first kappa shape index (κ1) is 20.4. The van der Waals surface area contributed by atoms with Gasteiger partial charge in [-0.1, -0.05) is 54.1 Å². The zero-order valence-electron chi connectivity index (χ0n) is 16.7. The highest BCUT2D eigenvalue weighted by Crippen LogP contribution is 2.43. The number of carbonyl (C=O) groups is 1. The van der Waals surface area contributed by atoms with Crippen LogP contribution in [0.4, 0.5) is 8.78 Å². The number of carbonyl (C=O) groups excluding carboxylic acids is 1. The number of aromatic nitrogens is 2. The van der Waals surface area contributed by atoms with Gasteiger partial charge in [0.15, 0.2) is 0 Å². The van der Waals surface area contributed by atoms with Crippen molar-refractivity contribution >= 4 is 17.6 Å². The number of H-pyrrole nitrogens is 1. The van der Waals surface area contributed by atoms with Gasteiger partial charge < -0.3 is 9.72 Å². The predicted molar refractivity (Wildman–Crippen MR) is 117 cm³/mol. The van der Waals surface area contributed by atoms with Crippen LogP contribution in [0.5, 0.6) is 5.88 Å². The van der Waals surface area contributed by atoms with Crippen LogP contribution in [0.1, 0.15) is 22.7 Å². The molecule has 4 aromatic rings. The lowest BCUT2D eigenvalue weighted by Gasteiger charge is -2.29. The third-order valence-electron chi connectivity index (χ3n) is 5.59. The average Bonchev–Trinajstić information content (AvgIpc) is 3.19. The van der Waals surface area contributed by atoms with E-state index < -0.39 is 29.4 Å². The van der Waals surface area contributed by atoms with E-state index >= 15 is 0 Å². The number of halogens is 3. The lowest BCUT2D eigenvalue weighted by atomic mass is 9.79. The van der Waals surface area contributed by atoms with Gasteiger partial charge in [-0.05, 0) is 47.9 Å². The largest absolute Gasteiger partial charge is 0.407 e. The third-order valence-corrected chi connectivity index (χ3v) is 5.82. The lowest BCUT2D eigenvalue weighted by molar-refractivity contribution is -0.141. The second-order valence-electron chi connectivity index (χ2n) is 7.67. The number of fused-ring (bicyclic) bond motifs is 1. The molecule has 7 heteroatoms. The Morgan fingerprint density at radius 3 is 2.59 bits per heavy atom. The summed E-state index contributed by atoms with van der Waals surface area (Å²) in [6, 6.07) is 19.9. The first-order valence-electron chi connectivity index (χ1n) is 10.1. The molecule has 0 radical (unpaired) electrons. The number of nitrogens with one attached hydrogen (secondary N) is 1. The summed E-state index contributed by atoms with van der Waals surface area (Å²) in [5.74, 6) is -2.50. The SMILES string of the molecule is O=C1Oc2[nH]c(-c3cc(F)ccc3F)nc2[C@H](c2cccc(Cl)c2)[C@@H]1Cc1ccccc1. The maximum atomic E-state index is 14.4. The summed E-state index contributed by atoms with van der Waals surface area (Å²) >= 11 is 6.24. The van der Waals surface area contributed by atoms with Gasteiger partial charge in [-0.25, -0.2) is 13.8 Å². The van der Waals surface area contributed by atoms with Gasteiger partial charge in [0, 0.05) is 10.9 Å². The lowest BCUT2D eigenvalue weighted by Crippen LogP contribution is -2.34. The number of nitrogens with zero attached hydrogens (tertiary/aromatic N) is 1. The number of aromatic amines is 1. The summed E-state index contributed by atoms with van der Waals surface area (Å²) in [5, 5.41) is 0.522. The van der Waals surface area contributed by atoms with Gasteiger partial charge in [0.1, 0.15) is 23.2 Å². The van der Waals surface area contributed by atoms with Crippen LogP contribution in [0.3, 0.4) is 0 Å². The van der Waals surface area contributed by atoms with E-state index in [4.69, 9.17) is 16.3 Å². The van der Waals surface area contributed by atoms with Crippen molar-refractivity contribution in [1.82, 2.24) is 9.97 Å². The third kappa shape index (κ3) is 3.78. The van der Waals surface area contributed by atoms with Crippen LogP contribution in [-0.4, -0.2) is 15.9 Å². The number of esters is 1. The van der Waals surface area contributed by atoms with E-state index in [0.717, 1.165) is 29.3 Å². The molecule has 0 spiro atoms. The predicted octanol–water partition coefficient (Wildman–Crippen LogP) is 5.92. The molecule has 0 saturated heterocycles. The zero-order valence-corrected chi connectivity index (χ0v) is 17.4. The molecule has 0 amide bonds. The molecule has 0 fully saturated rings. The van der Waals surface area contributed by atoms with Crippen molar-refractivity contribution in [3.05, 3.63) is 106 Å². The van der Waals surface area contributed by atoms with Crippen LogP contribution >= 0.6 is 11.6 Å². The van der Waals surface area contributed by atoms with Crippen LogP contribution in [0.2, 0.25) is 5.02 Å². The van der Waals surface area contributed by atoms with E-state index in [1.54, 1.807) is 18.2 Å². The molecule has 5 rings (SSSR count). The van der Waals surface area contributed by atoms with Crippen molar-refractivity contribution in [2.24, 2.45) is 5.92 Å². The highest BCUT2D eigenvalue weighted by Gasteiger charge is 2.41. The fourth-order valence-corrected chi connectivity index (χ4v) is 4.33. The maximum absolute atomic E-state index is 14.4. The molecule has 2 heterocycles. The molecule has 4 nitrogen and oxygen atoms in total. The van der Waals surface area contributed by atoms with Gasteiger partial charge in [0.05, 0.1) is 11.5 Å². The molecule has 1 aliphatic rings. The van der Waals surface area contributed by atoms with Crippen molar-refractivity contribution in [3.63, 3.8) is 0 Å². The Bertz CT molecular complexity index is 1310. The van der Waals surface area contributed by atoms with Crippen LogP contribution in [0.25, 0.3) is 11.4 Å². The van der Waals surface area contributed by atoms with Crippen molar-refractivity contribution in [2.45, 2.75) is 12.3 Å². The van der Waals surface area contributed by atoms with Gasteiger partial charge in [-0.15, -0.1) is 0 Å². The summed E-state index contributed by atoms with van der Waals surface area (Å²) in [4.78, 5) is 20.5. The highest BCUT2D eigenvalue weighted by atomic mass is 35.5. The Morgan fingerprint density at radius 2 is 1.81 bits per heavy atom. The van der Waals surface area contributed by atoms with Crippen molar-refractivity contribution in [1.29, 1.82) is 0 Å². The summed E-state index contributed by atoms with van der Waals surface area (Å²) in [5.41, 5.74) is 2.16. The van der Waals surface area contributed by atoms with E-state index in [0.29, 0.717) is 17.1 Å². The molecule has 1 aliphatic heterocycles. The number of benzene rings is 3. The minimum atomic E-state index is -0.635. The van der Waals surface area contributed by atoms with Crippen LogP contribution in [0, 0.1) is 17.6 Å². The second kappa shape index (κ2) is 8.20. The monoisotopic (exact) mass is 450 g/mol. The van der Waals surface area contributed by atoms with Crippen molar-refractivity contribution in [2.75, 3.05) is 0 Å². The molecule has 0 saturated carbocycles. The van der Waals surface area contributed by atoms with E-state index in [-0.39, 0.29) is 17.3 Å². The topological polar surface area (TPSA) is 55.0 Å². The van der Waals surface area contributed by atoms with Gasteiger partial charge in [-0.2, -0.15) is 0 Å². The number of rotatable bonds is 4. The van der Waals surface area contributed by atoms with Gasteiger partial charge in [0.2, 0.25) is 5.88 Å². The number of imidazole rings is 1. The highest BCUT2D eigenvalue weighted by molar-refractivity contribution is 6.30. The first-order valence-corrected chi connectivity index (χ1v) is 10.4. The molecule has 2 atom stereocenters. The van der Waals surface area contributed by atoms with Gasteiger partial charge in [-0.3, -0.25) is 4.79 Å². The number of hydrogen-bond acceptors (Lipinski definition) is 3. The average molecular weight is 451 g/mol. The summed E-state index contributed by atoms with van der Waals surface area (Å²) in [6.07, 6.45) is 0.423. The maximum Gasteiger partial charge on any atom is 0.317 e. The summed E-state index contributed by atoms with van der Waals surface area (Å²) in [6.45, 7) is 0. The fourth-order valence-electron chi connectivity index (χ4n) is 4.13. The molecule has 0 bridgehead atoms. The van der Waals surface area contributed by atoms with E-state index in [1.807, 2.05) is 36.4 Å². The zero-order chi connectivity index (χ0) is 22.2. The number of hydrogen-bond donors (Lipinski definition) is 1. The van der Waals surface area contributed by atoms with Gasteiger partial charge in [0.25, 0.3) is 0 Å². The Morgan fingerprint density at radius 1 is 1.00 bits per heavy atom. The fraction of sp³-hybridized carbons (Fsp3) is 0.120. The minimum absolute atomic E-state index is 0.0418. The Kier molecular flexibility index (Phi) is 5.23. The standard InChI is InChI=1S/C25H17ClF2N2O2/c26-16-8-4-7-15(12-16)21-19(11-14-5-2-1-3-6-14)25(31)32-24-22(21)29-23(30-24)18-13-17(27)9-10-20(18)28/h1-10,12-13,19,21H,11H2,(H,29,30)/t19-,21+/m0/s1. The van der Waals surface area contributed by atoms with E-state index in [9.17, 15) is 13.6 Å². The van der Waals surface area contributed by atoms with Crippen molar-refractivity contribution in [3.8, 4) is 17.3 Å². The van der Waals surface area contributed by atoms with Gasteiger partial charge >= 0.3 is 5.97 Å². The van der Waals surface area contributed by atoms with E-state index in [1.165, 1.54) is 0 Å². The molecule has 0 unspecified atom stereocenters.